The number of hydrogen-bond acceptors (Lipinski definition) is 5. The zero-order valence-corrected chi connectivity index (χ0v) is 36.0. The van der Waals surface area contributed by atoms with Crippen molar-refractivity contribution in [1.82, 2.24) is 0 Å². The van der Waals surface area contributed by atoms with Crippen LogP contribution in [0.3, 0.4) is 0 Å². The van der Waals surface area contributed by atoms with Gasteiger partial charge in [-0.05, 0) is 164 Å². The standard InChI is InChI=1S/C61H37NO4/c1-33(2)34-11-15-43(16-12-34)62(44-17-13-39-23-48-52-31-58-50(29-60(52)65-56(48)27-41(39)19-44)46-21-35-7-3-5-9-37(35)25-54(46)63-58)45-18-14-40-24-49-53-32-59-51(30-61(53)66-57(49)28-42(40)20-45)47-22-36-8-4-6-10-38(36)26-55(47)64-59/h3-33H,1-2H3. The second-order valence-electron chi connectivity index (χ2n) is 18.3. The smallest absolute Gasteiger partial charge is 0.136 e. The molecule has 4 aromatic heterocycles. The molecule has 0 N–H and O–H groups in total. The monoisotopic (exact) mass is 847 g/mol. The fraction of sp³-hybridized carbons (Fsp3) is 0.0492. The van der Waals surface area contributed by atoms with Crippen molar-refractivity contribution < 1.29 is 17.7 Å². The molecule has 0 aliphatic rings. The van der Waals surface area contributed by atoms with Gasteiger partial charge >= 0.3 is 0 Å². The van der Waals surface area contributed by atoms with Gasteiger partial charge in [-0.2, -0.15) is 0 Å². The van der Waals surface area contributed by atoms with Crippen molar-refractivity contribution in [3.8, 4) is 0 Å². The summed E-state index contributed by atoms with van der Waals surface area (Å²) in [5.41, 5.74) is 11.4. The number of fused-ring (bicyclic) bond motifs is 16. The van der Waals surface area contributed by atoms with Crippen LogP contribution >= 0.6 is 0 Å². The fourth-order valence-electron chi connectivity index (χ4n) is 10.7. The van der Waals surface area contributed by atoms with Crippen molar-refractivity contribution in [2.45, 2.75) is 19.8 Å². The van der Waals surface area contributed by atoms with Crippen molar-refractivity contribution in [3.63, 3.8) is 0 Å². The highest BCUT2D eigenvalue weighted by Gasteiger charge is 2.20. The number of benzene rings is 11. The van der Waals surface area contributed by atoms with E-state index in [1.54, 1.807) is 0 Å². The molecule has 0 saturated heterocycles. The molecule has 0 aliphatic carbocycles. The maximum atomic E-state index is 6.67. The second-order valence-corrected chi connectivity index (χ2v) is 18.3. The van der Waals surface area contributed by atoms with Gasteiger partial charge in [-0.3, -0.25) is 0 Å². The lowest BCUT2D eigenvalue weighted by atomic mass is 10.0. The maximum Gasteiger partial charge on any atom is 0.136 e. The van der Waals surface area contributed by atoms with Crippen LogP contribution in [0.5, 0.6) is 0 Å². The maximum absolute atomic E-state index is 6.67. The van der Waals surface area contributed by atoms with E-state index >= 15 is 0 Å². The van der Waals surface area contributed by atoms with Crippen LogP contribution in [-0.4, -0.2) is 0 Å². The van der Waals surface area contributed by atoms with E-state index in [1.165, 1.54) is 27.1 Å². The lowest BCUT2D eigenvalue weighted by Gasteiger charge is -2.26. The minimum Gasteiger partial charge on any atom is -0.456 e. The molecule has 310 valence electrons. The third kappa shape index (κ3) is 5.22. The molecule has 0 saturated carbocycles. The van der Waals surface area contributed by atoms with Crippen LogP contribution in [0, 0.1) is 0 Å². The first-order valence-corrected chi connectivity index (χ1v) is 22.6. The first kappa shape index (κ1) is 35.9. The average molecular weight is 848 g/mol. The summed E-state index contributed by atoms with van der Waals surface area (Å²) in [6.45, 7) is 4.47. The number of furan rings is 4. The topological polar surface area (TPSA) is 55.8 Å². The summed E-state index contributed by atoms with van der Waals surface area (Å²) >= 11 is 0. The molecule has 11 aromatic carbocycles. The van der Waals surface area contributed by atoms with Gasteiger partial charge in [0, 0.05) is 60.2 Å². The predicted molar refractivity (Wildman–Crippen MR) is 274 cm³/mol. The Morgan fingerprint density at radius 1 is 0.273 bits per heavy atom. The lowest BCUT2D eigenvalue weighted by molar-refractivity contribution is 0.664. The molecule has 0 radical (unpaired) electrons. The van der Waals surface area contributed by atoms with Crippen molar-refractivity contribution in [2.75, 3.05) is 4.90 Å². The van der Waals surface area contributed by atoms with Crippen molar-refractivity contribution in [3.05, 3.63) is 188 Å². The van der Waals surface area contributed by atoms with Crippen LogP contribution in [0.4, 0.5) is 17.1 Å². The molecule has 5 heteroatoms. The van der Waals surface area contributed by atoms with Crippen LogP contribution in [0.15, 0.2) is 200 Å². The third-order valence-corrected chi connectivity index (χ3v) is 14.1. The largest absolute Gasteiger partial charge is 0.456 e. The minimum atomic E-state index is 0.427. The predicted octanol–water partition coefficient (Wildman–Crippen LogP) is 18.5. The summed E-state index contributed by atoms with van der Waals surface area (Å²) in [4.78, 5) is 2.35. The van der Waals surface area contributed by atoms with Gasteiger partial charge < -0.3 is 22.6 Å². The highest BCUT2D eigenvalue weighted by Crippen LogP contribution is 2.44. The molecule has 0 aliphatic heterocycles. The van der Waals surface area contributed by atoms with E-state index in [0.717, 1.165) is 126 Å². The molecule has 0 fully saturated rings. The van der Waals surface area contributed by atoms with Crippen LogP contribution < -0.4 is 4.90 Å². The molecule has 0 spiro atoms. The Morgan fingerprint density at radius 2 is 0.561 bits per heavy atom. The normalized spacial score (nSPS) is 12.5. The van der Waals surface area contributed by atoms with Crippen LogP contribution in [0.1, 0.15) is 25.3 Å². The molecule has 15 rings (SSSR count). The van der Waals surface area contributed by atoms with E-state index in [9.17, 15) is 0 Å². The second kappa shape index (κ2) is 13.0. The minimum absolute atomic E-state index is 0.427. The number of anilines is 3. The average Bonchev–Trinajstić information content (AvgIpc) is 4.08. The van der Waals surface area contributed by atoms with Crippen LogP contribution in [-0.2, 0) is 0 Å². The van der Waals surface area contributed by atoms with Gasteiger partial charge in [0.1, 0.15) is 44.7 Å². The van der Waals surface area contributed by atoms with E-state index < -0.39 is 0 Å². The Bertz CT molecular complexity index is 4290. The van der Waals surface area contributed by atoms with Gasteiger partial charge in [-0.25, -0.2) is 0 Å². The van der Waals surface area contributed by atoms with E-state index in [2.05, 4.69) is 201 Å². The Hall–Kier alpha value is -8.54. The fourth-order valence-corrected chi connectivity index (χ4v) is 10.7. The molecular formula is C61H37NO4. The molecule has 0 unspecified atom stereocenters. The number of rotatable bonds is 4. The Labute approximate surface area is 376 Å². The highest BCUT2D eigenvalue weighted by molar-refractivity contribution is 6.20. The SMILES string of the molecule is CC(C)c1ccc(N(c2ccc3cc4c(cc3c2)oc2cc3c(cc24)oc2cc4ccccc4cc23)c2ccc3cc4c(cc3c2)oc2cc3c(cc24)oc2cc4ccccc4cc23)cc1. The molecule has 15 aromatic rings. The van der Waals surface area contributed by atoms with Gasteiger partial charge in [0.05, 0.1) is 0 Å². The van der Waals surface area contributed by atoms with Crippen molar-refractivity contribution >= 4 is 148 Å². The molecule has 0 amide bonds. The van der Waals surface area contributed by atoms with E-state index in [0.29, 0.717) is 5.92 Å². The molecule has 0 atom stereocenters. The Morgan fingerprint density at radius 3 is 0.924 bits per heavy atom. The molecule has 4 heterocycles. The van der Waals surface area contributed by atoms with Crippen LogP contribution in [0.25, 0.3) is 131 Å². The summed E-state index contributed by atoms with van der Waals surface area (Å²) in [5, 5.41) is 17.7. The van der Waals surface area contributed by atoms with E-state index in [1.807, 2.05) is 0 Å². The first-order chi connectivity index (χ1) is 32.4. The van der Waals surface area contributed by atoms with Gasteiger partial charge in [0.15, 0.2) is 0 Å². The van der Waals surface area contributed by atoms with Gasteiger partial charge in [0.2, 0.25) is 0 Å². The van der Waals surface area contributed by atoms with E-state index in [-0.39, 0.29) is 0 Å². The number of hydrogen-bond donors (Lipinski definition) is 0. The summed E-state index contributed by atoms with van der Waals surface area (Å²) < 4.78 is 26.3. The molecule has 5 nitrogen and oxygen atoms in total. The van der Waals surface area contributed by atoms with E-state index in [4.69, 9.17) is 17.7 Å². The molecular weight excluding hydrogens is 811 g/mol. The lowest BCUT2D eigenvalue weighted by Crippen LogP contribution is -2.10. The van der Waals surface area contributed by atoms with Crippen molar-refractivity contribution in [1.29, 1.82) is 0 Å². The Kier molecular flexibility index (Phi) is 7.08. The number of nitrogens with zero attached hydrogens (tertiary/aromatic N) is 1. The Balaban J connectivity index is 0.855. The quantitative estimate of drug-likeness (QED) is 0.177. The summed E-state index contributed by atoms with van der Waals surface area (Å²) in [7, 11) is 0. The summed E-state index contributed by atoms with van der Waals surface area (Å²) in [5.74, 6) is 0.427. The summed E-state index contributed by atoms with van der Waals surface area (Å²) in [6.07, 6.45) is 0. The van der Waals surface area contributed by atoms with Gasteiger partial charge in [-0.15, -0.1) is 0 Å². The summed E-state index contributed by atoms with van der Waals surface area (Å²) in [6, 6.07) is 65.4. The first-order valence-electron chi connectivity index (χ1n) is 22.6. The molecule has 0 bridgehead atoms. The van der Waals surface area contributed by atoms with Crippen LogP contribution in [0.2, 0.25) is 0 Å². The highest BCUT2D eigenvalue weighted by atomic mass is 16.3. The van der Waals surface area contributed by atoms with Gasteiger partial charge in [-0.1, -0.05) is 86.6 Å². The third-order valence-electron chi connectivity index (χ3n) is 14.1. The molecule has 66 heavy (non-hydrogen) atoms. The van der Waals surface area contributed by atoms with Crippen molar-refractivity contribution in [2.24, 2.45) is 0 Å². The van der Waals surface area contributed by atoms with Gasteiger partial charge in [0.25, 0.3) is 0 Å². The zero-order valence-electron chi connectivity index (χ0n) is 36.0. The zero-order chi connectivity index (χ0) is 43.4.